The first-order chi connectivity index (χ1) is 5.66. The molecule has 0 spiro atoms. The monoisotopic (exact) mass is 329 g/mol. The van der Waals surface area contributed by atoms with E-state index in [1.807, 2.05) is 0 Å². The normalized spacial score (nSPS) is 3.43. The summed E-state index contributed by atoms with van der Waals surface area (Å²) in [4.78, 5) is 32.0. The Kier molecular flexibility index (Phi) is 318. The van der Waals surface area contributed by atoms with E-state index in [0.717, 1.165) is 21.4 Å². The van der Waals surface area contributed by atoms with E-state index in [9.17, 15) is 0 Å². The summed E-state index contributed by atoms with van der Waals surface area (Å²) in [5.74, 6) is 0. The van der Waals surface area contributed by atoms with Gasteiger partial charge in [-0.2, -0.15) is 0 Å². The summed E-state index contributed by atoms with van der Waals surface area (Å²) in [6.07, 6.45) is 0. The van der Waals surface area contributed by atoms with Crippen LogP contribution >= 0.6 is 0 Å². The second-order valence-corrected chi connectivity index (χ2v) is 0.298. The molecule has 0 N–H and O–H groups in total. The SMILES string of the molecule is O=N[O-].O=N[O-].O=N[O-].O=N[O-].[K+].[Pd+2]. The third-order valence-corrected chi connectivity index (χ3v) is 0. The molecule has 14 heavy (non-hydrogen) atoms. The van der Waals surface area contributed by atoms with Gasteiger partial charge in [0, 0.05) is 0 Å². The number of hydrogen-bond acceptors (Lipinski definition) is 12. The fraction of sp³-hybridized carbons (Fsp3) is 0. The van der Waals surface area contributed by atoms with Crippen LogP contribution in [0.2, 0.25) is 0 Å². The summed E-state index contributed by atoms with van der Waals surface area (Å²) < 4.78 is 0. The van der Waals surface area contributed by atoms with Crippen molar-refractivity contribution in [1.82, 2.24) is 0 Å². The van der Waals surface area contributed by atoms with Crippen LogP contribution in [-0.4, -0.2) is 0 Å². The van der Waals surface area contributed by atoms with E-state index in [1.165, 1.54) is 0 Å². The molecule has 80 valence electrons. The minimum atomic E-state index is 0. The van der Waals surface area contributed by atoms with Crippen molar-refractivity contribution in [3.63, 3.8) is 0 Å². The van der Waals surface area contributed by atoms with Crippen molar-refractivity contribution in [2.45, 2.75) is 0 Å². The minimum Gasteiger partial charge on any atom is -0.444 e. The summed E-state index contributed by atoms with van der Waals surface area (Å²) in [6.45, 7) is 0. The zero-order valence-corrected chi connectivity index (χ0v) is 11.0. The zero-order chi connectivity index (χ0) is 10.8. The minimum absolute atomic E-state index is 0. The molecule has 0 heterocycles. The molecule has 0 aromatic rings. The van der Waals surface area contributed by atoms with E-state index in [1.54, 1.807) is 0 Å². The molecule has 0 atom stereocenters. The summed E-state index contributed by atoms with van der Waals surface area (Å²) in [7, 11) is 0. The van der Waals surface area contributed by atoms with Gasteiger partial charge in [-0.3, -0.25) is 0 Å². The Morgan fingerprint density at radius 2 is 0.571 bits per heavy atom. The average Bonchev–Trinajstić information content (AvgIpc) is 1.92. The second-order valence-electron chi connectivity index (χ2n) is 0.298. The van der Waals surface area contributed by atoms with Crippen LogP contribution in [-0.2, 0) is 20.4 Å². The molecule has 12 nitrogen and oxygen atoms in total. The van der Waals surface area contributed by atoms with E-state index < -0.39 is 0 Å². The van der Waals surface area contributed by atoms with Crippen LogP contribution in [0.4, 0.5) is 0 Å². The molecule has 14 heteroatoms. The topological polar surface area (TPSA) is 210 Å². The van der Waals surface area contributed by atoms with E-state index in [-0.39, 0.29) is 71.8 Å². The van der Waals surface area contributed by atoms with Crippen molar-refractivity contribution >= 4 is 0 Å². The van der Waals surface area contributed by atoms with Crippen LogP contribution in [0.3, 0.4) is 0 Å². The summed E-state index contributed by atoms with van der Waals surface area (Å²) in [5.41, 5.74) is 0. The molecule has 0 radical (unpaired) electrons. The van der Waals surface area contributed by atoms with Gasteiger partial charge < -0.3 is 40.5 Å². The molecule has 0 aliphatic carbocycles. The van der Waals surface area contributed by atoms with E-state index >= 15 is 0 Å². The van der Waals surface area contributed by atoms with Crippen molar-refractivity contribution in [2.75, 3.05) is 0 Å². The summed E-state index contributed by atoms with van der Waals surface area (Å²) >= 11 is 0. The predicted octanol–water partition coefficient (Wildman–Crippen LogP) is -2.00. The van der Waals surface area contributed by atoms with Gasteiger partial charge in [0.2, 0.25) is 0 Å². The maximum atomic E-state index is 8.00. The maximum Gasteiger partial charge on any atom is 2.00 e. The van der Waals surface area contributed by atoms with Crippen molar-refractivity contribution in [1.29, 1.82) is 0 Å². The van der Waals surface area contributed by atoms with Gasteiger partial charge in [0.15, 0.2) is 0 Å². The Balaban J connectivity index is -0.0000000145. The first-order valence-corrected chi connectivity index (χ1v) is 1.46. The van der Waals surface area contributed by atoms with Gasteiger partial charge in [0.25, 0.3) is 0 Å². The predicted molar refractivity (Wildman–Crippen MR) is 36.6 cm³/mol. The van der Waals surface area contributed by atoms with E-state index in [4.69, 9.17) is 40.5 Å². The van der Waals surface area contributed by atoms with Crippen LogP contribution in [0.1, 0.15) is 0 Å². The molecule has 0 fully saturated rings. The maximum absolute atomic E-state index is 8.00. The Bertz CT molecular complexity index is 75.3. The molecule has 0 unspecified atom stereocenters. The molecular formula is KN4O8Pd-. The van der Waals surface area contributed by atoms with Crippen molar-refractivity contribution in [3.05, 3.63) is 40.5 Å². The van der Waals surface area contributed by atoms with Gasteiger partial charge in [0.05, 0.1) is 0 Å². The molecule has 0 saturated heterocycles. The third-order valence-electron chi connectivity index (χ3n) is 0. The molecule has 0 aliphatic rings. The first kappa shape index (κ1) is 37.1. The number of rotatable bonds is 0. The molecule has 0 aromatic heterocycles. The van der Waals surface area contributed by atoms with E-state index in [0.29, 0.717) is 0 Å². The zero-order valence-electron chi connectivity index (χ0n) is 6.37. The van der Waals surface area contributed by atoms with Crippen molar-refractivity contribution in [3.8, 4) is 0 Å². The first-order valence-electron chi connectivity index (χ1n) is 1.46. The molecule has 0 rings (SSSR count). The largest absolute Gasteiger partial charge is 2.00 e. The van der Waals surface area contributed by atoms with Gasteiger partial charge in [-0.15, -0.1) is 21.4 Å². The smallest absolute Gasteiger partial charge is 0.444 e. The standard InChI is InChI=1S/K.4HNO2.Pd/c;4*2-1-3;/h;4*(H,2,3);/q+1;;;;;+2/p-4. The Morgan fingerprint density at radius 1 is 0.571 bits per heavy atom. The third kappa shape index (κ3) is 138000. The quantitative estimate of drug-likeness (QED) is 0.275. The fourth-order valence-electron chi connectivity index (χ4n) is 0. The molecular weight excluding hydrogens is 330 g/mol. The Labute approximate surface area is 132 Å². The fourth-order valence-corrected chi connectivity index (χ4v) is 0. The molecule has 0 amide bonds. The summed E-state index contributed by atoms with van der Waals surface area (Å²) in [6, 6.07) is 0. The van der Waals surface area contributed by atoms with Crippen molar-refractivity contribution < 1.29 is 71.8 Å². The van der Waals surface area contributed by atoms with Crippen LogP contribution in [0.25, 0.3) is 0 Å². The van der Waals surface area contributed by atoms with Crippen LogP contribution in [0, 0.1) is 40.5 Å². The Morgan fingerprint density at radius 3 is 0.571 bits per heavy atom. The number of hydrogen-bond donors (Lipinski definition) is 0. The van der Waals surface area contributed by atoms with Gasteiger partial charge in [-0.05, 0) is 0 Å². The molecule has 0 saturated carbocycles. The Hall–Kier alpha value is -0.101. The average molecular weight is 330 g/mol. The van der Waals surface area contributed by atoms with Gasteiger partial charge in [-0.1, -0.05) is 0 Å². The second kappa shape index (κ2) is 120. The van der Waals surface area contributed by atoms with Crippen LogP contribution in [0.5, 0.6) is 0 Å². The summed E-state index contributed by atoms with van der Waals surface area (Å²) in [5, 5.41) is 36.0. The van der Waals surface area contributed by atoms with Gasteiger partial charge in [-0.25, -0.2) is 0 Å². The van der Waals surface area contributed by atoms with Crippen LogP contribution in [0.15, 0.2) is 21.4 Å². The molecule has 0 aromatic carbocycles. The van der Waals surface area contributed by atoms with Gasteiger partial charge in [0.1, 0.15) is 0 Å². The van der Waals surface area contributed by atoms with Gasteiger partial charge >= 0.3 is 71.8 Å². The molecule has 0 aliphatic heterocycles. The number of nitrogens with zero attached hydrogens (tertiary/aromatic N) is 4. The van der Waals surface area contributed by atoms with Crippen molar-refractivity contribution in [2.24, 2.45) is 21.4 Å². The molecule has 0 bridgehead atoms. The van der Waals surface area contributed by atoms with E-state index in [2.05, 4.69) is 0 Å². The van der Waals surface area contributed by atoms with Crippen LogP contribution < -0.4 is 51.4 Å².